The second-order valence-electron chi connectivity index (χ2n) is 8.16. The van der Waals surface area contributed by atoms with E-state index in [-0.39, 0.29) is 11.8 Å². The highest BCUT2D eigenvalue weighted by Gasteiger charge is 2.31. The molecule has 0 bridgehead atoms. The van der Waals surface area contributed by atoms with Gasteiger partial charge in [0, 0.05) is 40.6 Å². The van der Waals surface area contributed by atoms with Gasteiger partial charge in [-0.15, -0.1) is 0 Å². The number of rotatable bonds is 7. The van der Waals surface area contributed by atoms with Gasteiger partial charge in [-0.3, -0.25) is 9.78 Å². The molecule has 0 saturated carbocycles. The van der Waals surface area contributed by atoms with Gasteiger partial charge in [0.05, 0.1) is 12.8 Å². The minimum atomic E-state index is -0.315. The SMILES string of the molecule is CCOc1ccc(C2=C(C=NNC(=O)c3ccncc3)[C@H](c3ccccc3)c3ccccc3O2)cc1. The quantitative estimate of drug-likeness (QED) is 0.270. The van der Waals surface area contributed by atoms with E-state index in [0.29, 0.717) is 17.9 Å². The number of para-hydroxylation sites is 1. The smallest absolute Gasteiger partial charge is 0.271 e. The molecule has 0 unspecified atom stereocenters. The van der Waals surface area contributed by atoms with Gasteiger partial charge in [-0.1, -0.05) is 48.5 Å². The van der Waals surface area contributed by atoms with Gasteiger partial charge in [0.1, 0.15) is 17.3 Å². The van der Waals surface area contributed by atoms with Gasteiger partial charge >= 0.3 is 0 Å². The molecule has 3 aromatic carbocycles. The lowest BCUT2D eigenvalue weighted by Gasteiger charge is -2.30. The molecule has 36 heavy (non-hydrogen) atoms. The van der Waals surface area contributed by atoms with Crippen LogP contribution in [0.1, 0.15) is 39.9 Å². The Kier molecular flexibility index (Phi) is 6.85. The monoisotopic (exact) mass is 475 g/mol. The molecule has 1 amide bonds. The zero-order valence-corrected chi connectivity index (χ0v) is 19.8. The van der Waals surface area contributed by atoms with E-state index in [0.717, 1.165) is 33.8 Å². The molecule has 1 atom stereocenters. The molecule has 0 radical (unpaired) electrons. The Bertz CT molecular complexity index is 1400. The third-order valence-electron chi connectivity index (χ3n) is 5.89. The summed E-state index contributed by atoms with van der Waals surface area (Å²) in [5.74, 6) is 1.79. The van der Waals surface area contributed by atoms with E-state index in [1.807, 2.05) is 67.6 Å². The third-order valence-corrected chi connectivity index (χ3v) is 5.89. The first-order valence-corrected chi connectivity index (χ1v) is 11.8. The van der Waals surface area contributed by atoms with E-state index >= 15 is 0 Å². The summed E-state index contributed by atoms with van der Waals surface area (Å²) in [7, 11) is 0. The second kappa shape index (κ2) is 10.7. The maximum atomic E-state index is 12.6. The van der Waals surface area contributed by atoms with Crippen LogP contribution in [-0.2, 0) is 0 Å². The van der Waals surface area contributed by atoms with Crippen LogP contribution in [0.4, 0.5) is 0 Å². The number of nitrogens with zero attached hydrogens (tertiary/aromatic N) is 2. The molecule has 6 heteroatoms. The first-order chi connectivity index (χ1) is 17.7. The highest BCUT2D eigenvalue weighted by atomic mass is 16.5. The average molecular weight is 476 g/mol. The predicted molar refractivity (Wildman–Crippen MR) is 140 cm³/mol. The van der Waals surface area contributed by atoms with Crippen LogP contribution in [0, 0.1) is 0 Å². The van der Waals surface area contributed by atoms with Gasteiger partial charge in [0.15, 0.2) is 0 Å². The highest BCUT2D eigenvalue weighted by molar-refractivity contribution is 5.97. The largest absolute Gasteiger partial charge is 0.494 e. The maximum absolute atomic E-state index is 12.6. The van der Waals surface area contributed by atoms with E-state index in [2.05, 4.69) is 33.7 Å². The Labute approximate surface area is 209 Å². The van der Waals surface area contributed by atoms with E-state index < -0.39 is 0 Å². The number of hydrazone groups is 1. The zero-order chi connectivity index (χ0) is 24.7. The molecule has 0 spiro atoms. The molecule has 1 aromatic heterocycles. The molecule has 1 N–H and O–H groups in total. The van der Waals surface area contributed by atoms with Crippen LogP contribution in [0.2, 0.25) is 0 Å². The normalized spacial score (nSPS) is 14.8. The second-order valence-corrected chi connectivity index (χ2v) is 8.16. The predicted octanol–water partition coefficient (Wildman–Crippen LogP) is 5.83. The molecule has 0 fully saturated rings. The van der Waals surface area contributed by atoms with Crippen molar-refractivity contribution in [2.45, 2.75) is 12.8 Å². The summed E-state index contributed by atoms with van der Waals surface area (Å²) in [6.07, 6.45) is 4.82. The fourth-order valence-electron chi connectivity index (χ4n) is 4.24. The summed E-state index contributed by atoms with van der Waals surface area (Å²) in [6.45, 7) is 2.55. The Morgan fingerprint density at radius 1 is 0.972 bits per heavy atom. The van der Waals surface area contributed by atoms with Crippen LogP contribution in [0.3, 0.4) is 0 Å². The van der Waals surface area contributed by atoms with E-state index in [1.165, 1.54) is 0 Å². The molecule has 6 nitrogen and oxygen atoms in total. The van der Waals surface area contributed by atoms with E-state index in [9.17, 15) is 4.79 Å². The van der Waals surface area contributed by atoms with Crippen LogP contribution in [-0.4, -0.2) is 23.7 Å². The van der Waals surface area contributed by atoms with Gasteiger partial charge in [-0.05, 0) is 55.0 Å². The number of benzene rings is 3. The first-order valence-electron chi connectivity index (χ1n) is 11.8. The van der Waals surface area contributed by atoms with Gasteiger partial charge in [-0.2, -0.15) is 5.10 Å². The molecule has 1 aliphatic heterocycles. The topological polar surface area (TPSA) is 72.8 Å². The number of fused-ring (bicyclic) bond motifs is 1. The number of amides is 1. The van der Waals surface area contributed by atoms with Crippen LogP contribution < -0.4 is 14.9 Å². The number of carbonyl (C=O) groups excluding carboxylic acids is 1. The fraction of sp³-hybridized carbons (Fsp3) is 0.100. The summed E-state index contributed by atoms with van der Waals surface area (Å²) < 4.78 is 12.1. The van der Waals surface area contributed by atoms with Gasteiger partial charge in [0.25, 0.3) is 5.91 Å². The first kappa shape index (κ1) is 23.1. The van der Waals surface area contributed by atoms with Crippen LogP contribution in [0.5, 0.6) is 11.5 Å². The van der Waals surface area contributed by atoms with Crippen molar-refractivity contribution in [2.24, 2.45) is 5.10 Å². The Morgan fingerprint density at radius 3 is 2.44 bits per heavy atom. The highest BCUT2D eigenvalue weighted by Crippen LogP contribution is 2.45. The van der Waals surface area contributed by atoms with Crippen molar-refractivity contribution >= 4 is 17.9 Å². The number of allylic oxidation sites excluding steroid dienone is 1. The van der Waals surface area contributed by atoms with Crippen LogP contribution >= 0.6 is 0 Å². The van der Waals surface area contributed by atoms with Gasteiger partial charge in [0.2, 0.25) is 0 Å². The van der Waals surface area contributed by atoms with Crippen LogP contribution in [0.15, 0.2) is 114 Å². The fourth-order valence-corrected chi connectivity index (χ4v) is 4.24. The average Bonchev–Trinajstić information content (AvgIpc) is 2.94. The van der Waals surface area contributed by atoms with Crippen molar-refractivity contribution in [2.75, 3.05) is 6.61 Å². The molecule has 2 heterocycles. The van der Waals surface area contributed by atoms with Crippen molar-refractivity contribution in [1.29, 1.82) is 0 Å². The lowest BCUT2D eigenvalue weighted by molar-refractivity contribution is 0.0955. The maximum Gasteiger partial charge on any atom is 0.271 e. The molecule has 0 saturated heterocycles. The summed E-state index contributed by atoms with van der Waals surface area (Å²) in [5, 5.41) is 4.34. The minimum Gasteiger partial charge on any atom is -0.494 e. The van der Waals surface area contributed by atoms with Crippen molar-refractivity contribution in [3.63, 3.8) is 0 Å². The number of nitrogens with one attached hydrogen (secondary N) is 1. The van der Waals surface area contributed by atoms with Crippen molar-refractivity contribution in [1.82, 2.24) is 10.4 Å². The lowest BCUT2D eigenvalue weighted by atomic mass is 9.81. The number of pyridine rings is 1. The van der Waals surface area contributed by atoms with Gasteiger partial charge in [-0.25, -0.2) is 5.43 Å². The van der Waals surface area contributed by atoms with Crippen molar-refractivity contribution in [3.05, 3.63) is 131 Å². The number of hydrogen-bond acceptors (Lipinski definition) is 5. The van der Waals surface area contributed by atoms with Crippen molar-refractivity contribution < 1.29 is 14.3 Å². The molecule has 0 aliphatic carbocycles. The summed E-state index contributed by atoms with van der Waals surface area (Å²) >= 11 is 0. The molecule has 4 aromatic rings. The van der Waals surface area contributed by atoms with Crippen LogP contribution in [0.25, 0.3) is 5.76 Å². The van der Waals surface area contributed by atoms with Crippen molar-refractivity contribution in [3.8, 4) is 11.5 Å². The third kappa shape index (κ3) is 4.88. The number of carbonyl (C=O) groups is 1. The Hall–Kier alpha value is -4.71. The summed E-state index contributed by atoms with van der Waals surface area (Å²) in [4.78, 5) is 16.5. The Balaban J connectivity index is 1.59. The standard InChI is InChI=1S/C30H25N3O3/c1-2-35-24-14-12-22(13-15-24)29-26(20-32-33-30(34)23-16-18-31-19-17-23)28(21-8-4-3-5-9-21)25-10-6-7-11-27(25)36-29/h3-20,28H,2H2,1H3,(H,33,34)/t28-/m1/s1. The van der Waals surface area contributed by atoms with E-state index in [4.69, 9.17) is 9.47 Å². The summed E-state index contributed by atoms with van der Waals surface area (Å²) in [6, 6.07) is 29.3. The molecule has 5 rings (SSSR count). The van der Waals surface area contributed by atoms with E-state index in [1.54, 1.807) is 30.7 Å². The number of hydrogen-bond donors (Lipinski definition) is 1. The summed E-state index contributed by atoms with van der Waals surface area (Å²) in [5.41, 5.74) is 6.95. The molecular weight excluding hydrogens is 450 g/mol. The number of aromatic nitrogens is 1. The Morgan fingerprint density at radius 2 is 1.69 bits per heavy atom. The minimum absolute atomic E-state index is 0.140. The number of ether oxygens (including phenoxy) is 2. The molecule has 1 aliphatic rings. The molecular formula is C30H25N3O3. The molecule has 178 valence electrons. The lowest BCUT2D eigenvalue weighted by Crippen LogP contribution is -2.21. The van der Waals surface area contributed by atoms with Gasteiger partial charge < -0.3 is 9.47 Å². The zero-order valence-electron chi connectivity index (χ0n) is 19.8.